The van der Waals surface area contributed by atoms with Gasteiger partial charge < -0.3 is 10.4 Å². The molecule has 20 heavy (non-hydrogen) atoms. The Morgan fingerprint density at radius 1 is 1.25 bits per heavy atom. The average Bonchev–Trinajstić information content (AvgIpc) is 2.46. The molecule has 1 saturated carbocycles. The predicted molar refractivity (Wildman–Crippen MR) is 74.3 cm³/mol. The molecule has 0 saturated heterocycles. The summed E-state index contributed by atoms with van der Waals surface area (Å²) in [6.45, 7) is 0.411. The van der Waals surface area contributed by atoms with Gasteiger partial charge >= 0.3 is 5.97 Å². The molecule has 0 aromatic carbocycles. The Morgan fingerprint density at radius 3 is 2.60 bits per heavy atom. The van der Waals surface area contributed by atoms with Crippen LogP contribution in [0.1, 0.15) is 49.0 Å². The van der Waals surface area contributed by atoms with Crippen LogP contribution in [0.15, 0.2) is 24.4 Å². The van der Waals surface area contributed by atoms with E-state index in [-0.39, 0.29) is 17.7 Å². The summed E-state index contributed by atoms with van der Waals surface area (Å²) in [7, 11) is 0. The van der Waals surface area contributed by atoms with Crippen LogP contribution in [0.3, 0.4) is 0 Å². The van der Waals surface area contributed by atoms with Gasteiger partial charge in [0.15, 0.2) is 0 Å². The van der Waals surface area contributed by atoms with Crippen LogP contribution in [0.25, 0.3) is 0 Å². The van der Waals surface area contributed by atoms with Gasteiger partial charge in [-0.25, -0.2) is 0 Å². The number of carboxylic acids is 1. The summed E-state index contributed by atoms with van der Waals surface area (Å²) in [6.07, 6.45) is 6.64. The summed E-state index contributed by atoms with van der Waals surface area (Å²) in [4.78, 5) is 27.1. The number of amides is 1. The maximum Gasteiger partial charge on any atom is 0.303 e. The fourth-order valence-electron chi connectivity index (χ4n) is 2.89. The van der Waals surface area contributed by atoms with Crippen molar-refractivity contribution in [2.75, 3.05) is 6.54 Å². The number of hydrogen-bond acceptors (Lipinski definition) is 3. The van der Waals surface area contributed by atoms with E-state index in [4.69, 9.17) is 5.11 Å². The molecule has 108 valence electrons. The van der Waals surface area contributed by atoms with Gasteiger partial charge in [-0.1, -0.05) is 25.3 Å². The molecule has 0 aliphatic heterocycles. The van der Waals surface area contributed by atoms with Crippen molar-refractivity contribution in [2.24, 2.45) is 5.41 Å². The minimum Gasteiger partial charge on any atom is -0.481 e. The molecule has 0 bridgehead atoms. The molecule has 5 heteroatoms. The third kappa shape index (κ3) is 3.79. The molecular weight excluding hydrogens is 256 g/mol. The maximum absolute atomic E-state index is 12.0. The monoisotopic (exact) mass is 276 g/mol. The van der Waals surface area contributed by atoms with Gasteiger partial charge in [0.2, 0.25) is 0 Å². The third-order valence-electron chi connectivity index (χ3n) is 3.96. The van der Waals surface area contributed by atoms with Crippen LogP contribution in [0.2, 0.25) is 0 Å². The van der Waals surface area contributed by atoms with Crippen molar-refractivity contribution in [3.8, 4) is 0 Å². The van der Waals surface area contributed by atoms with Crippen LogP contribution >= 0.6 is 0 Å². The van der Waals surface area contributed by atoms with Crippen molar-refractivity contribution in [1.82, 2.24) is 10.3 Å². The summed E-state index contributed by atoms with van der Waals surface area (Å²) in [6, 6.07) is 5.17. The van der Waals surface area contributed by atoms with Gasteiger partial charge in [-0.2, -0.15) is 0 Å². The topological polar surface area (TPSA) is 79.3 Å². The van der Waals surface area contributed by atoms with Gasteiger partial charge in [0.05, 0.1) is 6.42 Å². The first kappa shape index (κ1) is 14.5. The number of hydrogen-bond donors (Lipinski definition) is 2. The van der Waals surface area contributed by atoms with E-state index in [0.29, 0.717) is 12.2 Å². The van der Waals surface area contributed by atoms with Crippen LogP contribution in [0, 0.1) is 5.41 Å². The normalized spacial score (nSPS) is 17.4. The fraction of sp³-hybridized carbons (Fsp3) is 0.533. The highest BCUT2D eigenvalue weighted by atomic mass is 16.4. The van der Waals surface area contributed by atoms with E-state index in [0.717, 1.165) is 32.1 Å². The Labute approximate surface area is 118 Å². The average molecular weight is 276 g/mol. The van der Waals surface area contributed by atoms with Gasteiger partial charge in [-0.05, 0) is 30.4 Å². The van der Waals surface area contributed by atoms with Crippen molar-refractivity contribution in [3.63, 3.8) is 0 Å². The lowest BCUT2D eigenvalue weighted by Crippen LogP contribution is -2.40. The summed E-state index contributed by atoms with van der Waals surface area (Å²) in [5.74, 6) is -1.03. The Hall–Kier alpha value is -1.91. The van der Waals surface area contributed by atoms with Crippen molar-refractivity contribution in [2.45, 2.75) is 38.5 Å². The lowest BCUT2D eigenvalue weighted by molar-refractivity contribution is -0.140. The van der Waals surface area contributed by atoms with E-state index >= 15 is 0 Å². The Kier molecular flexibility index (Phi) is 4.71. The van der Waals surface area contributed by atoms with Crippen LogP contribution < -0.4 is 5.32 Å². The minimum absolute atomic E-state index is 0.121. The summed E-state index contributed by atoms with van der Waals surface area (Å²) < 4.78 is 0. The van der Waals surface area contributed by atoms with Gasteiger partial charge in [-0.15, -0.1) is 0 Å². The SMILES string of the molecule is O=C(O)CC1(CNC(=O)c2ccccn2)CCCCC1. The first-order valence-electron chi connectivity index (χ1n) is 7.02. The highest BCUT2D eigenvalue weighted by Gasteiger charge is 2.34. The van der Waals surface area contributed by atoms with E-state index in [9.17, 15) is 9.59 Å². The zero-order valence-corrected chi connectivity index (χ0v) is 11.5. The number of carboxylic acid groups (broad SMARTS) is 1. The number of nitrogens with one attached hydrogen (secondary N) is 1. The van der Waals surface area contributed by atoms with Crippen molar-refractivity contribution < 1.29 is 14.7 Å². The molecule has 0 spiro atoms. The quantitative estimate of drug-likeness (QED) is 0.864. The van der Waals surface area contributed by atoms with Crippen LogP contribution in [0.5, 0.6) is 0 Å². The molecule has 0 unspecified atom stereocenters. The molecule has 1 aromatic rings. The zero-order chi connectivity index (χ0) is 14.4. The molecule has 1 amide bonds. The van der Waals surface area contributed by atoms with E-state index < -0.39 is 5.97 Å². The molecule has 1 aliphatic carbocycles. The molecule has 0 radical (unpaired) electrons. The van der Waals surface area contributed by atoms with Crippen LogP contribution in [-0.2, 0) is 4.79 Å². The Morgan fingerprint density at radius 2 is 2.00 bits per heavy atom. The molecule has 2 N–H and O–H groups in total. The lowest BCUT2D eigenvalue weighted by atomic mass is 9.71. The maximum atomic E-state index is 12.0. The van der Waals surface area contributed by atoms with Crippen LogP contribution in [0.4, 0.5) is 0 Å². The minimum atomic E-state index is -0.793. The number of carbonyl (C=O) groups is 2. The van der Waals surface area contributed by atoms with Gasteiger partial charge in [0.1, 0.15) is 5.69 Å². The summed E-state index contributed by atoms with van der Waals surface area (Å²) >= 11 is 0. The Bertz CT molecular complexity index is 467. The van der Waals surface area contributed by atoms with Crippen molar-refractivity contribution >= 4 is 11.9 Å². The molecular formula is C15H20N2O3. The Balaban J connectivity index is 1.98. The molecule has 1 fully saturated rings. The number of pyridine rings is 1. The number of rotatable bonds is 5. The van der Waals surface area contributed by atoms with E-state index in [1.165, 1.54) is 0 Å². The third-order valence-corrected chi connectivity index (χ3v) is 3.96. The number of aromatic nitrogens is 1. The predicted octanol–water partition coefficient (Wildman–Crippen LogP) is 2.24. The summed E-state index contributed by atoms with van der Waals surface area (Å²) in [5.41, 5.74) is 0.0721. The van der Waals surface area contributed by atoms with E-state index in [1.54, 1.807) is 24.4 Å². The zero-order valence-electron chi connectivity index (χ0n) is 11.5. The molecule has 5 nitrogen and oxygen atoms in total. The molecule has 1 aliphatic rings. The largest absolute Gasteiger partial charge is 0.481 e. The molecule has 2 rings (SSSR count). The van der Waals surface area contributed by atoms with Crippen molar-refractivity contribution in [1.29, 1.82) is 0 Å². The lowest BCUT2D eigenvalue weighted by Gasteiger charge is -2.36. The summed E-state index contributed by atoms with van der Waals surface area (Å²) in [5, 5.41) is 11.9. The number of aliphatic carboxylic acids is 1. The first-order chi connectivity index (χ1) is 9.61. The smallest absolute Gasteiger partial charge is 0.303 e. The fourth-order valence-corrected chi connectivity index (χ4v) is 2.89. The van der Waals surface area contributed by atoms with Gasteiger partial charge in [0, 0.05) is 12.7 Å². The molecule has 1 aromatic heterocycles. The second-order valence-electron chi connectivity index (χ2n) is 5.53. The number of carbonyl (C=O) groups excluding carboxylic acids is 1. The van der Waals surface area contributed by atoms with E-state index in [2.05, 4.69) is 10.3 Å². The standard InChI is InChI=1S/C15H20N2O3/c18-13(19)10-15(7-3-1-4-8-15)11-17-14(20)12-6-2-5-9-16-12/h2,5-6,9H,1,3-4,7-8,10-11H2,(H,17,20)(H,18,19). The highest BCUT2D eigenvalue weighted by Crippen LogP contribution is 2.38. The molecule has 1 heterocycles. The second kappa shape index (κ2) is 6.50. The van der Waals surface area contributed by atoms with Gasteiger partial charge in [0.25, 0.3) is 5.91 Å². The first-order valence-corrected chi connectivity index (χ1v) is 7.02. The highest BCUT2D eigenvalue weighted by molar-refractivity contribution is 5.92. The number of nitrogens with zero attached hydrogens (tertiary/aromatic N) is 1. The van der Waals surface area contributed by atoms with Crippen LogP contribution in [-0.4, -0.2) is 28.5 Å². The second-order valence-corrected chi connectivity index (χ2v) is 5.53. The molecule has 0 atom stereocenters. The van der Waals surface area contributed by atoms with Crippen molar-refractivity contribution in [3.05, 3.63) is 30.1 Å². The van der Waals surface area contributed by atoms with E-state index in [1.807, 2.05) is 0 Å². The van der Waals surface area contributed by atoms with Gasteiger partial charge in [-0.3, -0.25) is 14.6 Å².